The molecule has 0 saturated carbocycles. The number of benzene rings is 1. The van der Waals surface area contributed by atoms with E-state index in [2.05, 4.69) is 5.32 Å². The van der Waals surface area contributed by atoms with Crippen molar-refractivity contribution in [3.05, 3.63) is 59.5 Å². The Bertz CT molecular complexity index is 503. The topological polar surface area (TPSA) is 42.2 Å². The third-order valence-corrected chi connectivity index (χ3v) is 2.75. The van der Waals surface area contributed by atoms with Gasteiger partial charge < -0.3 is 9.73 Å². The van der Waals surface area contributed by atoms with Gasteiger partial charge in [-0.05, 0) is 37.1 Å². The lowest BCUT2D eigenvalue weighted by Gasteiger charge is -2.15. The van der Waals surface area contributed by atoms with Gasteiger partial charge in [-0.1, -0.05) is 24.3 Å². The minimum Gasteiger partial charge on any atom is -0.459 e. The molecule has 0 aliphatic heterocycles. The summed E-state index contributed by atoms with van der Waals surface area (Å²) < 4.78 is 5.05. The maximum atomic E-state index is 11.8. The third-order valence-electron chi connectivity index (χ3n) is 2.75. The van der Waals surface area contributed by atoms with E-state index in [0.29, 0.717) is 5.76 Å². The summed E-state index contributed by atoms with van der Waals surface area (Å²) in [6.07, 6.45) is 1.49. The molecule has 1 aromatic heterocycles. The number of amides is 1. The van der Waals surface area contributed by atoms with Crippen molar-refractivity contribution in [2.45, 2.75) is 19.9 Å². The molecule has 3 nitrogen and oxygen atoms in total. The summed E-state index contributed by atoms with van der Waals surface area (Å²) >= 11 is 0. The molecule has 1 N–H and O–H groups in total. The highest BCUT2D eigenvalue weighted by atomic mass is 16.3. The van der Waals surface area contributed by atoms with E-state index >= 15 is 0 Å². The summed E-state index contributed by atoms with van der Waals surface area (Å²) in [5.74, 6) is 0.149. The van der Waals surface area contributed by atoms with Crippen LogP contribution in [0.3, 0.4) is 0 Å². The molecular weight excluding hydrogens is 214 g/mol. The molecule has 2 rings (SSSR count). The predicted molar refractivity (Wildman–Crippen MR) is 65.8 cm³/mol. The maximum Gasteiger partial charge on any atom is 0.287 e. The predicted octanol–water partition coefficient (Wildman–Crippen LogP) is 3.08. The molecule has 1 atom stereocenters. The van der Waals surface area contributed by atoms with E-state index in [-0.39, 0.29) is 11.9 Å². The van der Waals surface area contributed by atoms with Crippen LogP contribution in [0.1, 0.15) is 34.6 Å². The Morgan fingerprint density at radius 3 is 2.65 bits per heavy atom. The molecule has 0 spiro atoms. The molecule has 1 aromatic carbocycles. The summed E-state index contributed by atoms with van der Waals surface area (Å²) in [6, 6.07) is 11.3. The van der Waals surface area contributed by atoms with Crippen molar-refractivity contribution in [3.63, 3.8) is 0 Å². The van der Waals surface area contributed by atoms with Crippen molar-refractivity contribution < 1.29 is 9.21 Å². The van der Waals surface area contributed by atoms with Crippen LogP contribution in [0.4, 0.5) is 0 Å². The average molecular weight is 229 g/mol. The van der Waals surface area contributed by atoms with E-state index in [4.69, 9.17) is 4.42 Å². The first kappa shape index (κ1) is 11.5. The van der Waals surface area contributed by atoms with Gasteiger partial charge in [-0.3, -0.25) is 4.79 Å². The van der Waals surface area contributed by atoms with E-state index in [0.717, 1.165) is 5.56 Å². The highest BCUT2D eigenvalue weighted by molar-refractivity contribution is 5.91. The van der Waals surface area contributed by atoms with Crippen molar-refractivity contribution in [2.75, 3.05) is 0 Å². The van der Waals surface area contributed by atoms with Crippen molar-refractivity contribution >= 4 is 5.91 Å². The number of hydrogen-bond donors (Lipinski definition) is 1. The van der Waals surface area contributed by atoms with E-state index in [1.807, 2.05) is 38.1 Å². The smallest absolute Gasteiger partial charge is 0.287 e. The summed E-state index contributed by atoms with van der Waals surface area (Å²) in [6.45, 7) is 3.99. The molecule has 1 unspecified atom stereocenters. The molecule has 0 aliphatic rings. The minimum atomic E-state index is -0.189. The maximum absolute atomic E-state index is 11.8. The molecule has 0 aliphatic carbocycles. The Kier molecular flexibility index (Phi) is 3.28. The largest absolute Gasteiger partial charge is 0.459 e. The molecule has 0 bridgehead atoms. The van der Waals surface area contributed by atoms with Gasteiger partial charge in [-0.15, -0.1) is 0 Å². The summed E-state index contributed by atoms with van der Waals surface area (Å²) in [5.41, 5.74) is 2.28. The Balaban J connectivity index is 2.10. The number of rotatable bonds is 3. The summed E-state index contributed by atoms with van der Waals surface area (Å²) in [4.78, 5) is 11.8. The molecule has 1 amide bonds. The molecular formula is C14H15NO2. The number of hydrogen-bond acceptors (Lipinski definition) is 2. The summed E-state index contributed by atoms with van der Waals surface area (Å²) in [7, 11) is 0. The second-order valence-corrected chi connectivity index (χ2v) is 4.03. The van der Waals surface area contributed by atoms with Gasteiger partial charge in [0.15, 0.2) is 5.76 Å². The van der Waals surface area contributed by atoms with Crippen LogP contribution in [0, 0.1) is 6.92 Å². The lowest BCUT2D eigenvalue weighted by molar-refractivity contribution is 0.0912. The lowest BCUT2D eigenvalue weighted by Crippen LogP contribution is -2.26. The first-order valence-corrected chi connectivity index (χ1v) is 5.58. The van der Waals surface area contributed by atoms with Gasteiger partial charge in [0.05, 0.1) is 12.3 Å². The normalized spacial score (nSPS) is 12.1. The molecule has 3 heteroatoms. The summed E-state index contributed by atoms with van der Waals surface area (Å²) in [5, 5.41) is 2.91. The first-order valence-electron chi connectivity index (χ1n) is 5.58. The third kappa shape index (κ3) is 2.56. The SMILES string of the molecule is Cc1ccccc1C(C)NC(=O)c1ccco1. The van der Waals surface area contributed by atoms with Gasteiger partial charge in [0.1, 0.15) is 0 Å². The van der Waals surface area contributed by atoms with Crippen LogP contribution < -0.4 is 5.32 Å². The van der Waals surface area contributed by atoms with Crippen LogP contribution in [0.5, 0.6) is 0 Å². The molecule has 0 saturated heterocycles. The van der Waals surface area contributed by atoms with E-state index in [9.17, 15) is 4.79 Å². The fourth-order valence-electron chi connectivity index (χ4n) is 1.83. The number of furan rings is 1. The fraction of sp³-hybridized carbons (Fsp3) is 0.214. The van der Waals surface area contributed by atoms with Gasteiger partial charge in [0.2, 0.25) is 0 Å². The van der Waals surface area contributed by atoms with Crippen LogP contribution in [-0.4, -0.2) is 5.91 Å². The van der Waals surface area contributed by atoms with Crippen molar-refractivity contribution in [3.8, 4) is 0 Å². The van der Waals surface area contributed by atoms with Crippen molar-refractivity contribution in [2.24, 2.45) is 0 Å². The Labute approximate surface area is 100 Å². The second-order valence-electron chi connectivity index (χ2n) is 4.03. The van der Waals surface area contributed by atoms with Gasteiger partial charge in [-0.2, -0.15) is 0 Å². The zero-order valence-electron chi connectivity index (χ0n) is 9.94. The number of aryl methyl sites for hydroxylation is 1. The van der Waals surface area contributed by atoms with Crippen LogP contribution in [0.15, 0.2) is 47.1 Å². The molecule has 0 radical (unpaired) electrons. The van der Waals surface area contributed by atoms with Crippen molar-refractivity contribution in [1.29, 1.82) is 0 Å². The standard InChI is InChI=1S/C14H15NO2/c1-10-6-3-4-7-12(10)11(2)15-14(16)13-8-5-9-17-13/h3-9,11H,1-2H3,(H,15,16). The molecule has 0 fully saturated rings. The zero-order valence-corrected chi connectivity index (χ0v) is 9.94. The first-order chi connectivity index (χ1) is 8.18. The molecule has 17 heavy (non-hydrogen) atoms. The van der Waals surface area contributed by atoms with Crippen LogP contribution >= 0.6 is 0 Å². The molecule has 2 aromatic rings. The van der Waals surface area contributed by atoms with Crippen molar-refractivity contribution in [1.82, 2.24) is 5.32 Å². The second kappa shape index (κ2) is 4.87. The quantitative estimate of drug-likeness (QED) is 0.878. The minimum absolute atomic E-state index is 0.0335. The van der Waals surface area contributed by atoms with Gasteiger partial charge in [-0.25, -0.2) is 0 Å². The van der Waals surface area contributed by atoms with E-state index < -0.39 is 0 Å². The highest BCUT2D eigenvalue weighted by Gasteiger charge is 2.14. The fourth-order valence-corrected chi connectivity index (χ4v) is 1.83. The lowest BCUT2D eigenvalue weighted by atomic mass is 10.0. The van der Waals surface area contributed by atoms with Gasteiger partial charge in [0, 0.05) is 0 Å². The number of carbonyl (C=O) groups is 1. The van der Waals surface area contributed by atoms with E-state index in [1.54, 1.807) is 12.1 Å². The Hall–Kier alpha value is -2.03. The number of carbonyl (C=O) groups excluding carboxylic acids is 1. The van der Waals surface area contributed by atoms with Crippen LogP contribution in [0.2, 0.25) is 0 Å². The van der Waals surface area contributed by atoms with Crippen LogP contribution in [-0.2, 0) is 0 Å². The van der Waals surface area contributed by atoms with Gasteiger partial charge >= 0.3 is 0 Å². The molecule has 88 valence electrons. The highest BCUT2D eigenvalue weighted by Crippen LogP contribution is 2.17. The zero-order chi connectivity index (χ0) is 12.3. The number of nitrogens with one attached hydrogen (secondary N) is 1. The van der Waals surface area contributed by atoms with E-state index in [1.165, 1.54) is 11.8 Å². The van der Waals surface area contributed by atoms with Gasteiger partial charge in [0.25, 0.3) is 5.91 Å². The monoisotopic (exact) mass is 229 g/mol. The molecule has 1 heterocycles. The Morgan fingerprint density at radius 2 is 2.00 bits per heavy atom. The Morgan fingerprint density at radius 1 is 1.24 bits per heavy atom. The van der Waals surface area contributed by atoms with Crippen LogP contribution in [0.25, 0.3) is 0 Å². The average Bonchev–Trinajstić information content (AvgIpc) is 2.82.